The first-order chi connectivity index (χ1) is 11.9. The van der Waals surface area contributed by atoms with E-state index in [1.807, 2.05) is 0 Å². The number of halogens is 1. The minimum atomic E-state index is -3.66. The van der Waals surface area contributed by atoms with Crippen LogP contribution in [-0.2, 0) is 0 Å². The second-order valence-corrected chi connectivity index (χ2v) is 7.23. The molecule has 0 aliphatic rings. The molecule has 0 spiro atoms. The van der Waals surface area contributed by atoms with Gasteiger partial charge in [-0.1, -0.05) is 57.8 Å². The summed E-state index contributed by atoms with van der Waals surface area (Å²) in [4.78, 5) is 0. The Hall–Kier alpha value is 0.245. The van der Waals surface area contributed by atoms with Gasteiger partial charge in [-0.25, -0.2) is 0 Å². The van der Waals surface area contributed by atoms with Gasteiger partial charge in [0.05, 0.1) is 23.4 Å². The standard InChI is InChI=1S/C18H31BBrO5.Na/c1-3-5-7-9-11-24-17-14-16(20)18(13-15(17)19(21,22)23)25-12-10-8-6-4-2;/h13-14,21-23H,3-12H2,1-2H3;/q-1;+1. The molecule has 0 unspecified atom stereocenters. The van der Waals surface area contributed by atoms with Gasteiger partial charge in [0.1, 0.15) is 5.75 Å². The van der Waals surface area contributed by atoms with Crippen LogP contribution in [0.15, 0.2) is 16.6 Å². The van der Waals surface area contributed by atoms with Crippen LogP contribution in [0.2, 0.25) is 0 Å². The largest absolute Gasteiger partial charge is 1.00 e. The van der Waals surface area contributed by atoms with Crippen LogP contribution in [0.4, 0.5) is 0 Å². The van der Waals surface area contributed by atoms with E-state index in [9.17, 15) is 15.1 Å². The fourth-order valence-corrected chi connectivity index (χ4v) is 2.95. The van der Waals surface area contributed by atoms with Crippen molar-refractivity contribution in [3.63, 3.8) is 0 Å². The molecule has 1 aromatic carbocycles. The molecule has 0 heterocycles. The molecule has 5 nitrogen and oxygen atoms in total. The van der Waals surface area contributed by atoms with Gasteiger partial charge in [-0.05, 0) is 40.9 Å². The molecule has 0 saturated carbocycles. The van der Waals surface area contributed by atoms with Crippen LogP contribution >= 0.6 is 15.9 Å². The van der Waals surface area contributed by atoms with E-state index in [1.165, 1.54) is 6.07 Å². The third-order valence-electron chi connectivity index (χ3n) is 3.99. The first kappa shape index (κ1) is 26.2. The number of hydrogen-bond donors (Lipinski definition) is 3. The Balaban J connectivity index is 0.00000625. The van der Waals surface area contributed by atoms with Gasteiger partial charge in [-0.3, -0.25) is 0 Å². The number of unbranched alkanes of at least 4 members (excludes halogenated alkanes) is 6. The quantitative estimate of drug-likeness (QED) is 0.307. The van der Waals surface area contributed by atoms with Crippen LogP contribution in [0.25, 0.3) is 0 Å². The van der Waals surface area contributed by atoms with Crippen molar-refractivity contribution in [3.05, 3.63) is 16.6 Å². The molecule has 0 fully saturated rings. The first-order valence-electron chi connectivity index (χ1n) is 9.31. The summed E-state index contributed by atoms with van der Waals surface area (Å²) in [6.07, 6.45) is 8.55. The maximum atomic E-state index is 9.69. The fourth-order valence-electron chi connectivity index (χ4n) is 2.51. The van der Waals surface area contributed by atoms with Gasteiger partial charge in [-0.15, -0.1) is 0 Å². The molecule has 8 heteroatoms. The van der Waals surface area contributed by atoms with E-state index in [-0.39, 0.29) is 40.8 Å². The average molecular weight is 441 g/mol. The summed E-state index contributed by atoms with van der Waals surface area (Å²) in [5, 5.41) is 29.1. The molecule has 0 aliphatic carbocycles. The van der Waals surface area contributed by atoms with Gasteiger partial charge < -0.3 is 24.5 Å². The second kappa shape index (κ2) is 14.3. The van der Waals surface area contributed by atoms with E-state index in [1.54, 1.807) is 6.07 Å². The zero-order valence-corrected chi connectivity index (χ0v) is 19.9. The second-order valence-electron chi connectivity index (χ2n) is 6.37. The maximum absolute atomic E-state index is 9.69. The Morgan fingerprint density at radius 2 is 1.31 bits per heavy atom. The van der Waals surface area contributed by atoms with Crippen LogP contribution in [0.1, 0.15) is 65.2 Å². The molecular weight excluding hydrogens is 410 g/mol. The molecule has 26 heavy (non-hydrogen) atoms. The van der Waals surface area contributed by atoms with Crippen molar-refractivity contribution >= 4 is 28.1 Å². The Morgan fingerprint density at radius 1 is 0.808 bits per heavy atom. The summed E-state index contributed by atoms with van der Waals surface area (Å²) in [6, 6.07) is 3.06. The predicted octanol–water partition coefficient (Wildman–Crippen LogP) is 0.494. The molecule has 0 atom stereocenters. The fraction of sp³-hybridized carbons (Fsp3) is 0.667. The molecule has 0 saturated heterocycles. The monoisotopic (exact) mass is 440 g/mol. The van der Waals surface area contributed by atoms with Crippen LogP contribution in [0, 0.1) is 0 Å². The summed E-state index contributed by atoms with van der Waals surface area (Å²) in [5.74, 6) is 0.724. The average Bonchev–Trinajstić information content (AvgIpc) is 2.55. The van der Waals surface area contributed by atoms with Crippen LogP contribution in [-0.4, -0.2) is 35.0 Å². The van der Waals surface area contributed by atoms with E-state index in [0.717, 1.165) is 51.4 Å². The number of benzene rings is 1. The minimum absolute atomic E-state index is 0. The Bertz CT molecular complexity index is 511. The van der Waals surface area contributed by atoms with Crippen molar-refractivity contribution in [3.8, 4) is 11.5 Å². The normalized spacial score (nSPS) is 11.2. The SMILES string of the molecule is CCCCCCOc1cc([B-](O)(O)O)c(OCCCCCC)cc1Br.[Na+]. The molecule has 0 aromatic heterocycles. The molecule has 0 bridgehead atoms. The summed E-state index contributed by atoms with van der Waals surface area (Å²) >= 11 is 3.42. The van der Waals surface area contributed by atoms with Crippen molar-refractivity contribution in [2.75, 3.05) is 13.2 Å². The zero-order valence-electron chi connectivity index (χ0n) is 16.3. The molecule has 0 amide bonds. The number of hydrogen-bond acceptors (Lipinski definition) is 5. The Morgan fingerprint density at radius 3 is 1.77 bits per heavy atom. The summed E-state index contributed by atoms with van der Waals surface area (Å²) in [7, 11) is 0. The van der Waals surface area contributed by atoms with Crippen molar-refractivity contribution in [1.29, 1.82) is 0 Å². The van der Waals surface area contributed by atoms with E-state index >= 15 is 0 Å². The predicted molar refractivity (Wildman–Crippen MR) is 105 cm³/mol. The summed E-state index contributed by atoms with van der Waals surface area (Å²) in [6.45, 7) is 1.63. The molecule has 3 N–H and O–H groups in total. The van der Waals surface area contributed by atoms with Gasteiger partial charge >= 0.3 is 36.3 Å². The van der Waals surface area contributed by atoms with E-state index in [0.29, 0.717) is 23.4 Å². The van der Waals surface area contributed by atoms with Gasteiger partial charge in [0.15, 0.2) is 0 Å². The summed E-state index contributed by atoms with van der Waals surface area (Å²) in [5.41, 5.74) is -0.0535. The topological polar surface area (TPSA) is 79.2 Å². The maximum Gasteiger partial charge on any atom is 1.00 e. The van der Waals surface area contributed by atoms with Crippen molar-refractivity contribution < 1.29 is 54.1 Å². The molecule has 0 aliphatic heterocycles. The van der Waals surface area contributed by atoms with Crippen molar-refractivity contribution in [1.82, 2.24) is 0 Å². The third kappa shape index (κ3) is 9.97. The van der Waals surface area contributed by atoms with E-state index < -0.39 is 6.75 Å². The molecule has 1 rings (SSSR count). The minimum Gasteiger partial charge on any atom is -0.556 e. The van der Waals surface area contributed by atoms with E-state index in [4.69, 9.17) is 9.47 Å². The van der Waals surface area contributed by atoms with Crippen LogP contribution in [0.3, 0.4) is 0 Å². The van der Waals surface area contributed by atoms with Crippen molar-refractivity contribution in [2.45, 2.75) is 65.2 Å². The third-order valence-corrected chi connectivity index (χ3v) is 4.61. The number of ether oxygens (including phenoxy) is 2. The smallest absolute Gasteiger partial charge is 0.556 e. The van der Waals surface area contributed by atoms with Gasteiger partial charge in [0.25, 0.3) is 0 Å². The first-order valence-corrected chi connectivity index (χ1v) is 10.1. The zero-order chi connectivity index (χ0) is 18.7. The van der Waals surface area contributed by atoms with Crippen LogP contribution < -0.4 is 44.5 Å². The summed E-state index contributed by atoms with van der Waals surface area (Å²) < 4.78 is 12.0. The van der Waals surface area contributed by atoms with Gasteiger partial charge in [-0.2, -0.15) is 0 Å². The Labute approximate surface area is 187 Å². The van der Waals surface area contributed by atoms with E-state index in [2.05, 4.69) is 29.8 Å². The van der Waals surface area contributed by atoms with Gasteiger partial charge in [0, 0.05) is 0 Å². The van der Waals surface area contributed by atoms with Crippen LogP contribution in [0.5, 0.6) is 11.5 Å². The molecule has 1 aromatic rings. The molecule has 0 radical (unpaired) electrons. The Kier molecular flexibility index (Phi) is 14.4. The van der Waals surface area contributed by atoms with Gasteiger partial charge in [0.2, 0.25) is 0 Å². The molecule has 144 valence electrons. The molecular formula is C18H31BBrNaO5. The van der Waals surface area contributed by atoms with Crippen molar-refractivity contribution in [2.24, 2.45) is 0 Å². The number of rotatable bonds is 13.